The SMILES string of the molecule is CC(CS(C)(=O)=O)NS(=O)(=O)c1ccc(N)cc1Cl. The van der Waals surface area contributed by atoms with E-state index in [0.717, 1.165) is 6.26 Å². The average molecular weight is 327 g/mol. The molecule has 1 aromatic carbocycles. The fourth-order valence-corrected chi connectivity index (χ4v) is 4.45. The standard InChI is InChI=1S/C10H15ClN2O4S2/c1-7(6-18(2,14)15)13-19(16,17)10-4-3-8(12)5-9(10)11/h3-5,7,13H,6,12H2,1-2H3. The molecule has 108 valence electrons. The number of nitrogens with one attached hydrogen (secondary N) is 1. The van der Waals surface area contributed by atoms with E-state index in [2.05, 4.69) is 4.72 Å². The molecule has 0 bridgehead atoms. The normalized spacial score (nSPS) is 14.3. The zero-order valence-corrected chi connectivity index (χ0v) is 12.8. The van der Waals surface area contributed by atoms with Gasteiger partial charge in [-0.25, -0.2) is 21.6 Å². The molecule has 1 atom stereocenters. The number of sulfonamides is 1. The third-order valence-corrected chi connectivity index (χ3v) is 5.33. The van der Waals surface area contributed by atoms with E-state index in [0.29, 0.717) is 5.69 Å². The summed E-state index contributed by atoms with van der Waals surface area (Å²) in [7, 11) is -7.16. The lowest BCUT2D eigenvalue weighted by Crippen LogP contribution is -2.37. The molecule has 0 heterocycles. The zero-order valence-electron chi connectivity index (χ0n) is 10.4. The molecular weight excluding hydrogens is 312 g/mol. The number of hydrogen-bond acceptors (Lipinski definition) is 5. The monoisotopic (exact) mass is 326 g/mol. The molecule has 6 nitrogen and oxygen atoms in total. The number of rotatable bonds is 5. The molecule has 1 aromatic rings. The Hall–Kier alpha value is -0.830. The molecule has 0 amide bonds. The summed E-state index contributed by atoms with van der Waals surface area (Å²) >= 11 is 5.81. The molecule has 0 saturated heterocycles. The highest BCUT2D eigenvalue weighted by atomic mass is 35.5. The van der Waals surface area contributed by atoms with Crippen LogP contribution in [0.3, 0.4) is 0 Å². The average Bonchev–Trinajstić information content (AvgIpc) is 2.11. The summed E-state index contributed by atoms with van der Waals surface area (Å²) in [5, 5.41) is -0.0148. The van der Waals surface area contributed by atoms with Crippen molar-refractivity contribution in [3.63, 3.8) is 0 Å². The van der Waals surface area contributed by atoms with Crippen LogP contribution in [0.15, 0.2) is 23.1 Å². The molecule has 3 N–H and O–H groups in total. The van der Waals surface area contributed by atoms with Gasteiger partial charge in [0.05, 0.1) is 10.8 Å². The molecule has 0 aliphatic carbocycles. The number of sulfone groups is 1. The van der Waals surface area contributed by atoms with Crippen LogP contribution < -0.4 is 10.5 Å². The van der Waals surface area contributed by atoms with Crippen LogP contribution >= 0.6 is 11.6 Å². The Balaban J connectivity index is 2.99. The minimum absolute atomic E-state index is 0.0148. The highest BCUT2D eigenvalue weighted by Gasteiger charge is 2.22. The van der Waals surface area contributed by atoms with Crippen LogP contribution in [-0.4, -0.2) is 34.9 Å². The number of benzene rings is 1. The van der Waals surface area contributed by atoms with Crippen LogP contribution in [0.2, 0.25) is 5.02 Å². The molecule has 1 unspecified atom stereocenters. The maximum Gasteiger partial charge on any atom is 0.242 e. The molecule has 0 saturated carbocycles. The first kappa shape index (κ1) is 16.2. The molecule has 9 heteroatoms. The second-order valence-corrected chi connectivity index (χ2v) is 8.58. The van der Waals surface area contributed by atoms with Crippen LogP contribution in [-0.2, 0) is 19.9 Å². The molecule has 0 spiro atoms. The topological polar surface area (TPSA) is 106 Å². The summed E-state index contributed by atoms with van der Waals surface area (Å²) in [6.45, 7) is 1.46. The summed E-state index contributed by atoms with van der Waals surface area (Å²) < 4.78 is 48.5. The van der Waals surface area contributed by atoms with E-state index < -0.39 is 25.9 Å². The van der Waals surface area contributed by atoms with Gasteiger partial charge in [0.25, 0.3) is 0 Å². The van der Waals surface area contributed by atoms with Crippen molar-refractivity contribution in [2.75, 3.05) is 17.7 Å². The maximum atomic E-state index is 12.0. The van der Waals surface area contributed by atoms with E-state index in [1.54, 1.807) is 0 Å². The Morgan fingerprint density at radius 3 is 2.37 bits per heavy atom. The number of hydrogen-bond donors (Lipinski definition) is 2. The highest BCUT2D eigenvalue weighted by molar-refractivity contribution is 7.91. The van der Waals surface area contributed by atoms with Gasteiger partial charge in [0.15, 0.2) is 0 Å². The predicted octanol–water partition coefficient (Wildman–Crippen LogP) is 0.634. The lowest BCUT2D eigenvalue weighted by molar-refractivity contribution is 0.564. The van der Waals surface area contributed by atoms with Crippen molar-refractivity contribution in [2.45, 2.75) is 17.9 Å². The zero-order chi connectivity index (χ0) is 14.8. The Kier molecular flexibility index (Phi) is 4.83. The van der Waals surface area contributed by atoms with E-state index in [4.69, 9.17) is 17.3 Å². The van der Waals surface area contributed by atoms with Gasteiger partial charge in [-0.1, -0.05) is 11.6 Å². The summed E-state index contributed by atoms with van der Waals surface area (Å²) in [4.78, 5) is -0.135. The third-order valence-electron chi connectivity index (χ3n) is 2.15. The molecule has 0 aliphatic heterocycles. The van der Waals surface area contributed by atoms with Crippen LogP contribution in [0.1, 0.15) is 6.92 Å². The van der Waals surface area contributed by atoms with E-state index >= 15 is 0 Å². The Morgan fingerprint density at radius 1 is 1.32 bits per heavy atom. The van der Waals surface area contributed by atoms with Gasteiger partial charge in [0.2, 0.25) is 10.0 Å². The largest absolute Gasteiger partial charge is 0.399 e. The molecule has 0 aliphatic rings. The molecule has 1 rings (SSSR count). The van der Waals surface area contributed by atoms with Crippen molar-refractivity contribution in [2.24, 2.45) is 0 Å². The van der Waals surface area contributed by atoms with E-state index in [1.807, 2.05) is 0 Å². The maximum absolute atomic E-state index is 12.0. The molecule has 0 fully saturated rings. The van der Waals surface area contributed by atoms with Crippen molar-refractivity contribution < 1.29 is 16.8 Å². The lowest BCUT2D eigenvalue weighted by atomic mass is 10.3. The molecule has 0 aromatic heterocycles. The van der Waals surface area contributed by atoms with Gasteiger partial charge in [-0.15, -0.1) is 0 Å². The van der Waals surface area contributed by atoms with Gasteiger partial charge in [0.1, 0.15) is 14.7 Å². The smallest absolute Gasteiger partial charge is 0.242 e. The van der Waals surface area contributed by atoms with Crippen molar-refractivity contribution in [1.82, 2.24) is 4.72 Å². The van der Waals surface area contributed by atoms with Crippen LogP contribution in [0.25, 0.3) is 0 Å². The van der Waals surface area contributed by atoms with Gasteiger partial charge in [-0.05, 0) is 25.1 Å². The second kappa shape index (κ2) is 5.66. The number of halogens is 1. The molecular formula is C10H15ClN2O4S2. The summed E-state index contributed by atoms with van der Waals surface area (Å²) in [6.07, 6.45) is 1.04. The molecule has 0 radical (unpaired) electrons. The number of nitrogens with two attached hydrogens (primary N) is 1. The number of anilines is 1. The minimum atomic E-state index is -3.88. The van der Waals surface area contributed by atoms with Gasteiger partial charge in [0, 0.05) is 18.0 Å². The van der Waals surface area contributed by atoms with Gasteiger partial charge >= 0.3 is 0 Å². The Bertz CT molecular complexity index is 671. The predicted molar refractivity (Wildman–Crippen MR) is 75.4 cm³/mol. The summed E-state index contributed by atoms with van der Waals surface area (Å²) in [5.74, 6) is -0.293. The van der Waals surface area contributed by atoms with E-state index in [1.165, 1.54) is 25.1 Å². The second-order valence-electron chi connectivity index (χ2n) is 4.30. The van der Waals surface area contributed by atoms with Gasteiger partial charge in [-0.3, -0.25) is 0 Å². The van der Waals surface area contributed by atoms with Crippen LogP contribution in [0.5, 0.6) is 0 Å². The first-order chi connectivity index (χ1) is 8.51. The third kappa shape index (κ3) is 4.98. The van der Waals surface area contributed by atoms with Crippen molar-refractivity contribution in [3.05, 3.63) is 23.2 Å². The molecule has 19 heavy (non-hydrogen) atoms. The summed E-state index contributed by atoms with van der Waals surface area (Å²) in [5.41, 5.74) is 5.82. The van der Waals surface area contributed by atoms with Crippen LogP contribution in [0, 0.1) is 0 Å². The van der Waals surface area contributed by atoms with Crippen LogP contribution in [0.4, 0.5) is 5.69 Å². The van der Waals surface area contributed by atoms with E-state index in [9.17, 15) is 16.8 Å². The van der Waals surface area contributed by atoms with Crippen molar-refractivity contribution in [3.8, 4) is 0 Å². The fourth-order valence-electron chi connectivity index (χ4n) is 1.55. The fraction of sp³-hybridized carbons (Fsp3) is 0.400. The lowest BCUT2D eigenvalue weighted by Gasteiger charge is -2.14. The minimum Gasteiger partial charge on any atom is -0.399 e. The summed E-state index contributed by atoms with van der Waals surface area (Å²) in [6, 6.07) is 3.24. The van der Waals surface area contributed by atoms with Crippen molar-refractivity contribution >= 4 is 37.1 Å². The first-order valence-electron chi connectivity index (χ1n) is 5.26. The Labute approximate surface area is 117 Å². The van der Waals surface area contributed by atoms with Crippen molar-refractivity contribution in [1.29, 1.82) is 0 Å². The highest BCUT2D eigenvalue weighted by Crippen LogP contribution is 2.23. The quantitative estimate of drug-likeness (QED) is 0.772. The van der Waals surface area contributed by atoms with Gasteiger partial charge in [-0.2, -0.15) is 0 Å². The van der Waals surface area contributed by atoms with Gasteiger partial charge < -0.3 is 5.73 Å². The first-order valence-corrected chi connectivity index (χ1v) is 9.18. The number of nitrogen functional groups attached to an aromatic ring is 1. The Morgan fingerprint density at radius 2 is 1.89 bits per heavy atom. The van der Waals surface area contributed by atoms with E-state index in [-0.39, 0.29) is 15.7 Å².